The Hall–Kier alpha value is -0.510. The minimum absolute atomic E-state index is 0.383. The summed E-state index contributed by atoms with van der Waals surface area (Å²) in [6.45, 7) is 3.62. The van der Waals surface area contributed by atoms with Gasteiger partial charge in [-0.05, 0) is 30.2 Å². The summed E-state index contributed by atoms with van der Waals surface area (Å²) in [5, 5.41) is 3.85. The van der Waals surface area contributed by atoms with Crippen LogP contribution in [0.5, 0.6) is 0 Å². The van der Waals surface area contributed by atoms with Gasteiger partial charge in [0.2, 0.25) is 0 Å². The van der Waals surface area contributed by atoms with E-state index in [9.17, 15) is 0 Å². The van der Waals surface area contributed by atoms with E-state index in [1.807, 2.05) is 6.07 Å². The van der Waals surface area contributed by atoms with Crippen molar-refractivity contribution < 1.29 is 9.15 Å². The van der Waals surface area contributed by atoms with E-state index in [1.165, 1.54) is 12.8 Å². The molecule has 0 aliphatic rings. The third kappa shape index (κ3) is 5.01. The van der Waals surface area contributed by atoms with Crippen LogP contribution in [0, 0.1) is 0 Å². The zero-order valence-electron chi connectivity index (χ0n) is 9.96. The van der Waals surface area contributed by atoms with Gasteiger partial charge in [-0.25, -0.2) is 0 Å². The van der Waals surface area contributed by atoms with Crippen LogP contribution in [0.15, 0.2) is 16.5 Å². The Labute approximate surface area is 102 Å². The molecular weight excluding hydrogens is 226 g/mol. The maximum absolute atomic E-state index is 5.70. The summed E-state index contributed by atoms with van der Waals surface area (Å²) in [6, 6.07) is 4.03. The van der Waals surface area contributed by atoms with Gasteiger partial charge in [-0.2, -0.15) is 0 Å². The Bertz CT molecular complexity index is 288. The summed E-state index contributed by atoms with van der Waals surface area (Å²) in [5.41, 5.74) is 0. The number of furan rings is 1. The fourth-order valence-corrected chi connectivity index (χ4v) is 1.75. The molecule has 3 nitrogen and oxygen atoms in total. The third-order valence-electron chi connectivity index (χ3n) is 2.47. The second kappa shape index (κ2) is 7.71. The molecule has 0 aliphatic heterocycles. The van der Waals surface area contributed by atoms with E-state index in [2.05, 4.69) is 12.2 Å². The van der Waals surface area contributed by atoms with Gasteiger partial charge in [0, 0.05) is 13.2 Å². The van der Waals surface area contributed by atoms with Crippen molar-refractivity contribution in [3.63, 3.8) is 0 Å². The number of unbranched alkanes of at least 4 members (excludes halogenated alkanes) is 1. The van der Waals surface area contributed by atoms with Gasteiger partial charge in [-0.3, -0.25) is 0 Å². The Morgan fingerprint density at radius 1 is 1.50 bits per heavy atom. The van der Waals surface area contributed by atoms with Crippen LogP contribution in [-0.4, -0.2) is 19.8 Å². The number of hydrogen-bond acceptors (Lipinski definition) is 3. The standard InChI is InChI=1S/C12H20ClNO2/c1-3-4-5-10(9-15-2)14-8-11-6-7-12(13)16-11/h6-7,10,14H,3-5,8-9H2,1-2H3. The lowest BCUT2D eigenvalue weighted by Gasteiger charge is -2.16. The van der Waals surface area contributed by atoms with Crippen LogP contribution in [0.1, 0.15) is 31.9 Å². The molecule has 1 heterocycles. The van der Waals surface area contributed by atoms with Crippen molar-refractivity contribution >= 4 is 11.6 Å². The molecule has 0 saturated heterocycles. The van der Waals surface area contributed by atoms with E-state index in [1.54, 1.807) is 13.2 Å². The molecule has 0 amide bonds. The second-order valence-corrected chi connectivity index (χ2v) is 4.25. The van der Waals surface area contributed by atoms with E-state index < -0.39 is 0 Å². The van der Waals surface area contributed by atoms with Gasteiger partial charge < -0.3 is 14.5 Å². The first-order chi connectivity index (χ1) is 7.76. The number of rotatable bonds is 8. The Morgan fingerprint density at radius 2 is 2.31 bits per heavy atom. The second-order valence-electron chi connectivity index (χ2n) is 3.88. The molecule has 0 radical (unpaired) electrons. The normalized spacial score (nSPS) is 12.9. The van der Waals surface area contributed by atoms with Crippen LogP contribution in [-0.2, 0) is 11.3 Å². The topological polar surface area (TPSA) is 34.4 Å². The largest absolute Gasteiger partial charge is 0.448 e. The van der Waals surface area contributed by atoms with E-state index >= 15 is 0 Å². The van der Waals surface area contributed by atoms with Gasteiger partial charge in [0.15, 0.2) is 5.22 Å². The molecule has 0 saturated carbocycles. The summed E-state index contributed by atoms with van der Waals surface area (Å²) >= 11 is 5.70. The SMILES string of the molecule is CCCCC(COC)NCc1ccc(Cl)o1. The van der Waals surface area contributed by atoms with Gasteiger partial charge in [-0.15, -0.1) is 0 Å². The van der Waals surface area contributed by atoms with Crippen molar-refractivity contribution in [2.75, 3.05) is 13.7 Å². The quantitative estimate of drug-likeness (QED) is 0.764. The van der Waals surface area contributed by atoms with Crippen LogP contribution < -0.4 is 5.32 Å². The maximum atomic E-state index is 5.70. The average molecular weight is 246 g/mol. The maximum Gasteiger partial charge on any atom is 0.193 e. The summed E-state index contributed by atoms with van der Waals surface area (Å²) in [4.78, 5) is 0. The minimum atomic E-state index is 0.383. The van der Waals surface area contributed by atoms with Gasteiger partial charge in [0.25, 0.3) is 0 Å². The highest BCUT2D eigenvalue weighted by Crippen LogP contribution is 2.13. The van der Waals surface area contributed by atoms with Crippen molar-refractivity contribution in [2.45, 2.75) is 38.8 Å². The van der Waals surface area contributed by atoms with Gasteiger partial charge in [-0.1, -0.05) is 19.8 Å². The fraction of sp³-hybridized carbons (Fsp3) is 0.667. The van der Waals surface area contributed by atoms with Crippen LogP contribution in [0.4, 0.5) is 0 Å². The summed E-state index contributed by atoms with van der Waals surface area (Å²) in [7, 11) is 1.73. The van der Waals surface area contributed by atoms with Gasteiger partial charge in [0.1, 0.15) is 5.76 Å². The molecule has 1 unspecified atom stereocenters. The van der Waals surface area contributed by atoms with Crippen LogP contribution in [0.3, 0.4) is 0 Å². The lowest BCUT2D eigenvalue weighted by Crippen LogP contribution is -2.32. The molecule has 1 atom stereocenters. The van der Waals surface area contributed by atoms with E-state index in [4.69, 9.17) is 20.8 Å². The Kier molecular flexibility index (Phi) is 6.53. The van der Waals surface area contributed by atoms with E-state index in [-0.39, 0.29) is 0 Å². The number of hydrogen-bond donors (Lipinski definition) is 1. The Morgan fingerprint density at radius 3 is 2.88 bits per heavy atom. The minimum Gasteiger partial charge on any atom is -0.448 e. The Balaban J connectivity index is 2.30. The van der Waals surface area contributed by atoms with Crippen molar-refractivity contribution in [1.29, 1.82) is 0 Å². The number of nitrogens with one attached hydrogen (secondary N) is 1. The number of ether oxygens (including phenoxy) is 1. The molecule has 92 valence electrons. The number of methoxy groups -OCH3 is 1. The molecule has 0 aromatic carbocycles. The lowest BCUT2D eigenvalue weighted by atomic mass is 10.1. The molecular formula is C12H20ClNO2. The molecule has 4 heteroatoms. The highest BCUT2D eigenvalue weighted by atomic mass is 35.5. The summed E-state index contributed by atoms with van der Waals surface area (Å²) in [5.74, 6) is 0.864. The smallest absolute Gasteiger partial charge is 0.193 e. The van der Waals surface area contributed by atoms with Crippen LogP contribution in [0.25, 0.3) is 0 Å². The van der Waals surface area contributed by atoms with Crippen LogP contribution in [0.2, 0.25) is 5.22 Å². The molecule has 1 aromatic heterocycles. The first kappa shape index (κ1) is 13.6. The van der Waals surface area contributed by atoms with E-state index in [0.29, 0.717) is 17.8 Å². The van der Waals surface area contributed by atoms with E-state index in [0.717, 1.165) is 18.8 Å². The van der Waals surface area contributed by atoms with Crippen molar-refractivity contribution in [3.8, 4) is 0 Å². The molecule has 0 fully saturated rings. The zero-order valence-corrected chi connectivity index (χ0v) is 10.7. The number of halogens is 1. The highest BCUT2D eigenvalue weighted by Gasteiger charge is 2.08. The zero-order chi connectivity index (χ0) is 11.8. The van der Waals surface area contributed by atoms with Crippen molar-refractivity contribution in [1.82, 2.24) is 5.32 Å². The van der Waals surface area contributed by atoms with Gasteiger partial charge >= 0.3 is 0 Å². The molecule has 1 N–H and O–H groups in total. The molecule has 0 aliphatic carbocycles. The fourth-order valence-electron chi connectivity index (χ4n) is 1.59. The summed E-state index contributed by atoms with van der Waals surface area (Å²) < 4.78 is 10.5. The molecule has 0 bridgehead atoms. The first-order valence-electron chi connectivity index (χ1n) is 5.72. The lowest BCUT2D eigenvalue weighted by molar-refractivity contribution is 0.159. The van der Waals surface area contributed by atoms with Crippen LogP contribution >= 0.6 is 11.6 Å². The predicted molar refractivity (Wildman–Crippen MR) is 65.7 cm³/mol. The third-order valence-corrected chi connectivity index (χ3v) is 2.67. The molecule has 0 spiro atoms. The first-order valence-corrected chi connectivity index (χ1v) is 6.10. The molecule has 16 heavy (non-hydrogen) atoms. The predicted octanol–water partition coefficient (Wildman–Crippen LogP) is 3.23. The van der Waals surface area contributed by atoms with Gasteiger partial charge in [0.05, 0.1) is 13.2 Å². The highest BCUT2D eigenvalue weighted by molar-refractivity contribution is 6.28. The molecule has 1 rings (SSSR count). The average Bonchev–Trinajstić information content (AvgIpc) is 2.68. The van der Waals surface area contributed by atoms with Crippen molar-refractivity contribution in [3.05, 3.63) is 23.1 Å². The molecule has 1 aromatic rings. The van der Waals surface area contributed by atoms with Crippen molar-refractivity contribution in [2.24, 2.45) is 0 Å². The monoisotopic (exact) mass is 245 g/mol. The summed E-state index contributed by atoms with van der Waals surface area (Å²) in [6.07, 6.45) is 3.53.